The molecule has 3 aliphatic rings. The number of nitrogens with zero attached hydrogens (tertiary/aromatic N) is 4. The monoisotopic (exact) mass is 404 g/mol. The van der Waals surface area contributed by atoms with Crippen LogP contribution in [0.4, 0.5) is 4.79 Å². The molecule has 10 heteroatoms. The van der Waals surface area contributed by atoms with Crippen molar-refractivity contribution < 1.29 is 22.6 Å². The van der Waals surface area contributed by atoms with E-state index in [2.05, 4.69) is 9.71 Å². The first-order valence-corrected chi connectivity index (χ1v) is 10.4. The van der Waals surface area contributed by atoms with Crippen molar-refractivity contribution in [3.05, 3.63) is 41.4 Å². The number of nitrogens with one attached hydrogen (secondary N) is 1. The van der Waals surface area contributed by atoms with Crippen molar-refractivity contribution in [1.82, 2.24) is 19.2 Å². The molecule has 0 aromatic carbocycles. The number of aromatic nitrogens is 2. The van der Waals surface area contributed by atoms with Gasteiger partial charge in [-0.15, -0.1) is 0 Å². The summed E-state index contributed by atoms with van der Waals surface area (Å²) in [6, 6.07) is -0.453. The van der Waals surface area contributed by atoms with Crippen LogP contribution in [-0.2, 0) is 28.4 Å². The zero-order chi connectivity index (χ0) is 20.3. The molecular weight excluding hydrogens is 382 g/mol. The van der Waals surface area contributed by atoms with Crippen molar-refractivity contribution in [3.8, 4) is 0 Å². The number of imide groups is 1. The third-order valence-electron chi connectivity index (χ3n) is 5.43. The highest BCUT2D eigenvalue weighted by atomic mass is 32.2. The molecule has 3 amide bonds. The van der Waals surface area contributed by atoms with Gasteiger partial charge in [-0.1, -0.05) is 0 Å². The van der Waals surface area contributed by atoms with Gasteiger partial charge in [-0.2, -0.15) is 14.3 Å². The third kappa shape index (κ3) is 3.12. The Morgan fingerprint density at radius 3 is 2.64 bits per heavy atom. The Hall–Kier alpha value is -2.59. The number of fused-ring (bicyclic) bond motifs is 1. The highest BCUT2D eigenvalue weighted by Crippen LogP contribution is 2.36. The first-order valence-electron chi connectivity index (χ1n) is 8.96. The number of sulfonamides is 1. The van der Waals surface area contributed by atoms with Crippen LogP contribution in [0, 0.1) is 5.92 Å². The molecule has 1 atom stereocenters. The van der Waals surface area contributed by atoms with Gasteiger partial charge in [0, 0.05) is 12.6 Å². The SMILES string of the molecule is Cn1cncc1CN1C(=O)C2C=C(S(=O)(=O)NC3(C)CC3)C=CC2=[N+](C)C1=O. The lowest BCUT2D eigenvalue weighted by Gasteiger charge is -2.26. The van der Waals surface area contributed by atoms with E-state index in [1.807, 2.05) is 6.92 Å². The summed E-state index contributed by atoms with van der Waals surface area (Å²) < 4.78 is 31.2. The Kier molecular flexibility index (Phi) is 4.16. The number of urea groups is 1. The van der Waals surface area contributed by atoms with Crippen LogP contribution in [0.5, 0.6) is 0 Å². The van der Waals surface area contributed by atoms with E-state index < -0.39 is 33.4 Å². The molecule has 2 aliphatic carbocycles. The van der Waals surface area contributed by atoms with Crippen LogP contribution in [0.2, 0.25) is 0 Å². The van der Waals surface area contributed by atoms with E-state index in [1.54, 1.807) is 31.2 Å². The van der Waals surface area contributed by atoms with Gasteiger partial charge in [0.25, 0.3) is 0 Å². The van der Waals surface area contributed by atoms with Gasteiger partial charge in [-0.05, 0) is 38.0 Å². The minimum Gasteiger partial charge on any atom is -0.334 e. The van der Waals surface area contributed by atoms with Gasteiger partial charge in [-0.3, -0.25) is 0 Å². The van der Waals surface area contributed by atoms with E-state index >= 15 is 0 Å². The number of allylic oxidation sites excluding steroid dienone is 2. The summed E-state index contributed by atoms with van der Waals surface area (Å²) in [5, 5.41) is 0. The Bertz CT molecular complexity index is 1080. The fourth-order valence-corrected chi connectivity index (χ4v) is 4.88. The summed E-state index contributed by atoms with van der Waals surface area (Å²) in [5.41, 5.74) is 0.754. The Morgan fingerprint density at radius 2 is 2.04 bits per heavy atom. The van der Waals surface area contributed by atoms with Crippen molar-refractivity contribution in [2.45, 2.75) is 31.8 Å². The summed E-state index contributed by atoms with van der Waals surface area (Å²) in [5.74, 6) is -1.28. The van der Waals surface area contributed by atoms with Crippen molar-refractivity contribution in [3.63, 3.8) is 0 Å². The van der Waals surface area contributed by atoms with E-state index in [0.29, 0.717) is 11.4 Å². The topological polar surface area (TPSA) is 104 Å². The molecule has 0 saturated heterocycles. The summed E-state index contributed by atoms with van der Waals surface area (Å²) in [6.07, 6.45) is 9.15. The Labute approximate surface area is 163 Å². The van der Waals surface area contributed by atoms with E-state index in [9.17, 15) is 18.0 Å². The smallest absolute Gasteiger partial charge is 0.334 e. The highest BCUT2D eigenvalue weighted by molar-refractivity contribution is 7.93. The molecule has 1 saturated carbocycles. The molecule has 4 rings (SSSR count). The molecule has 1 unspecified atom stereocenters. The number of carbonyl (C=O) groups excluding carboxylic acids is 2. The van der Waals surface area contributed by atoms with Gasteiger partial charge < -0.3 is 4.57 Å². The highest BCUT2D eigenvalue weighted by Gasteiger charge is 2.48. The standard InChI is InChI=1S/C18H22N5O4S/c1-18(6-7-18)20-28(26,27)13-4-5-15-14(8-13)16(24)23(17(25)22(15)3)10-12-9-19-11-21(12)2/h4-5,8-9,11,14,20H,6-7,10H2,1-3H3/q+1. The van der Waals surface area contributed by atoms with Crippen LogP contribution >= 0.6 is 0 Å². The van der Waals surface area contributed by atoms with E-state index in [-0.39, 0.29) is 11.4 Å². The first kappa shape index (κ1) is 18.8. The second-order valence-electron chi connectivity index (χ2n) is 7.73. The summed E-state index contributed by atoms with van der Waals surface area (Å²) in [4.78, 5) is 30.9. The maximum absolute atomic E-state index is 13.1. The van der Waals surface area contributed by atoms with Crippen LogP contribution in [0.3, 0.4) is 0 Å². The van der Waals surface area contributed by atoms with Crippen molar-refractivity contribution in [2.24, 2.45) is 13.0 Å². The van der Waals surface area contributed by atoms with Gasteiger partial charge in [0.15, 0.2) is 0 Å². The first-order chi connectivity index (χ1) is 13.1. The number of aryl methyl sites for hydroxylation is 1. The Balaban J connectivity index is 1.67. The van der Waals surface area contributed by atoms with Crippen molar-refractivity contribution in [1.29, 1.82) is 0 Å². The molecule has 1 fully saturated rings. The third-order valence-corrected chi connectivity index (χ3v) is 7.09. The molecule has 1 N–H and O–H groups in total. The lowest BCUT2D eigenvalue weighted by molar-refractivity contribution is -0.406. The van der Waals surface area contributed by atoms with Crippen LogP contribution in [0.15, 0.2) is 35.7 Å². The lowest BCUT2D eigenvalue weighted by Crippen LogP contribution is -2.53. The van der Waals surface area contributed by atoms with Crippen LogP contribution in [0.25, 0.3) is 0 Å². The average molecular weight is 404 g/mol. The molecule has 0 bridgehead atoms. The molecule has 1 aliphatic heterocycles. The second-order valence-corrected chi connectivity index (χ2v) is 9.42. The van der Waals surface area contributed by atoms with Gasteiger partial charge in [0.05, 0.1) is 30.2 Å². The maximum atomic E-state index is 13.1. The molecule has 2 heterocycles. The Morgan fingerprint density at radius 1 is 1.32 bits per heavy atom. The summed E-state index contributed by atoms with van der Waals surface area (Å²) in [7, 11) is -0.379. The molecule has 0 radical (unpaired) electrons. The molecule has 148 valence electrons. The number of hydrogen-bond acceptors (Lipinski definition) is 5. The molecule has 28 heavy (non-hydrogen) atoms. The summed E-state index contributed by atoms with van der Waals surface area (Å²) in [6.45, 7) is 1.92. The number of carbonyl (C=O) groups is 2. The number of rotatable bonds is 5. The van der Waals surface area contributed by atoms with Crippen molar-refractivity contribution in [2.75, 3.05) is 7.05 Å². The predicted octanol–water partition coefficient (Wildman–Crippen LogP) is 0.507. The molecular formula is C18H22N5O4S+. The molecule has 9 nitrogen and oxygen atoms in total. The van der Waals surface area contributed by atoms with Gasteiger partial charge in [0.2, 0.25) is 10.0 Å². The predicted molar refractivity (Wildman–Crippen MR) is 101 cm³/mol. The average Bonchev–Trinajstić information content (AvgIpc) is 3.22. The number of imidazole rings is 1. The second kappa shape index (κ2) is 6.21. The van der Waals surface area contributed by atoms with E-state index in [0.717, 1.165) is 17.7 Å². The van der Waals surface area contributed by atoms with Gasteiger partial charge in [0.1, 0.15) is 18.2 Å². The fourth-order valence-electron chi connectivity index (χ4n) is 3.34. The zero-order valence-corrected chi connectivity index (χ0v) is 16.7. The van der Waals surface area contributed by atoms with E-state index in [4.69, 9.17) is 0 Å². The lowest BCUT2D eigenvalue weighted by atomic mass is 9.94. The maximum Gasteiger partial charge on any atom is 0.501 e. The van der Waals surface area contributed by atoms with E-state index in [1.165, 1.54) is 22.8 Å². The van der Waals surface area contributed by atoms with Gasteiger partial charge in [-0.25, -0.2) is 22.9 Å². The van der Waals surface area contributed by atoms with Crippen LogP contribution in [0.1, 0.15) is 25.5 Å². The normalized spacial score (nSPS) is 23.8. The van der Waals surface area contributed by atoms with Crippen LogP contribution < -0.4 is 4.72 Å². The molecule has 1 aromatic heterocycles. The molecule has 1 aromatic rings. The van der Waals surface area contributed by atoms with Gasteiger partial charge >= 0.3 is 11.9 Å². The van der Waals surface area contributed by atoms with Crippen LogP contribution in [-0.4, -0.2) is 57.7 Å². The largest absolute Gasteiger partial charge is 0.501 e. The number of amides is 3. The minimum absolute atomic E-state index is 0.0472. The summed E-state index contributed by atoms with van der Waals surface area (Å²) >= 11 is 0. The molecule has 0 spiro atoms. The minimum atomic E-state index is -3.73. The fraction of sp³-hybridized carbons (Fsp3) is 0.444. The number of hydrogen-bond donors (Lipinski definition) is 1. The van der Waals surface area contributed by atoms with Crippen molar-refractivity contribution >= 4 is 27.7 Å². The quantitative estimate of drug-likeness (QED) is 0.720. The zero-order valence-electron chi connectivity index (χ0n) is 15.9.